The molecule has 1 fully saturated rings. The summed E-state index contributed by atoms with van der Waals surface area (Å²) in [6.07, 6.45) is 7.22. The van der Waals surface area contributed by atoms with Crippen molar-refractivity contribution in [2.45, 2.75) is 32.1 Å². The maximum Gasteiger partial charge on any atom is 0.409 e. The average Bonchev–Trinajstić information content (AvgIpc) is 2.87. The smallest absolute Gasteiger partial charge is 0.409 e. The van der Waals surface area contributed by atoms with Crippen LogP contribution in [0.1, 0.15) is 37.7 Å². The van der Waals surface area contributed by atoms with Crippen LogP contribution in [-0.4, -0.2) is 36.0 Å². The Balaban J connectivity index is 0.000000172. The fourth-order valence-electron chi connectivity index (χ4n) is 4.12. The van der Waals surface area contributed by atoms with Gasteiger partial charge in [-0.3, -0.25) is 10.3 Å². The van der Waals surface area contributed by atoms with Gasteiger partial charge in [0.2, 0.25) is 0 Å². The molecule has 8 heteroatoms. The molecule has 3 aromatic rings. The highest BCUT2D eigenvalue weighted by Gasteiger charge is 2.15. The standard InChI is InChI=1S/C17H18N2O.C9H9NO4/c18-11-14-6-7-16-15(10-14)17(8-9-19-16)20-12-13-4-2-1-3-5-13;11-9(12)10-6-1-2-7-8(5-6)14-4-3-13-7/h6-10,13H,1-5,12H2;1-2,5,10H,3-4H2,(H,11,12). The van der Waals surface area contributed by atoms with E-state index < -0.39 is 6.09 Å². The first-order chi connectivity index (χ1) is 16.6. The molecule has 2 aliphatic rings. The van der Waals surface area contributed by atoms with Gasteiger partial charge in [-0.1, -0.05) is 19.3 Å². The van der Waals surface area contributed by atoms with Gasteiger partial charge >= 0.3 is 6.09 Å². The lowest BCUT2D eigenvalue weighted by Crippen LogP contribution is -2.15. The van der Waals surface area contributed by atoms with Crippen molar-refractivity contribution in [3.8, 4) is 23.3 Å². The van der Waals surface area contributed by atoms with Gasteiger partial charge in [-0.25, -0.2) is 4.79 Å². The topological polar surface area (TPSA) is 114 Å². The molecule has 1 aliphatic carbocycles. The van der Waals surface area contributed by atoms with E-state index in [0.717, 1.165) is 23.3 Å². The fraction of sp³-hybridized carbons (Fsp3) is 0.346. The van der Waals surface area contributed by atoms with Crippen LogP contribution in [0, 0.1) is 17.2 Å². The van der Waals surface area contributed by atoms with Crippen LogP contribution in [0.3, 0.4) is 0 Å². The van der Waals surface area contributed by atoms with Gasteiger partial charge in [0.1, 0.15) is 19.0 Å². The van der Waals surface area contributed by atoms with Gasteiger partial charge in [0, 0.05) is 23.3 Å². The van der Waals surface area contributed by atoms with Crippen LogP contribution in [0.4, 0.5) is 10.5 Å². The number of ether oxygens (including phenoxy) is 3. The molecule has 1 saturated carbocycles. The molecular weight excluding hydrogens is 434 g/mol. The van der Waals surface area contributed by atoms with Crippen LogP contribution >= 0.6 is 0 Å². The quantitative estimate of drug-likeness (QED) is 0.519. The number of carbonyl (C=O) groups is 1. The molecular formula is C26H27N3O5. The zero-order valence-electron chi connectivity index (χ0n) is 18.8. The Bertz CT molecular complexity index is 1180. The molecule has 1 aromatic heterocycles. The number of carboxylic acid groups (broad SMARTS) is 1. The first kappa shape index (κ1) is 23.2. The predicted molar refractivity (Wildman–Crippen MR) is 128 cm³/mol. The van der Waals surface area contributed by atoms with Crippen molar-refractivity contribution in [1.82, 2.24) is 4.98 Å². The first-order valence-corrected chi connectivity index (χ1v) is 11.4. The van der Waals surface area contributed by atoms with Crippen molar-refractivity contribution >= 4 is 22.7 Å². The molecule has 1 amide bonds. The normalized spacial score (nSPS) is 14.9. The number of nitrogens with one attached hydrogen (secondary N) is 1. The lowest BCUT2D eigenvalue weighted by molar-refractivity contribution is 0.171. The van der Waals surface area contributed by atoms with Crippen molar-refractivity contribution < 1.29 is 24.1 Å². The van der Waals surface area contributed by atoms with Crippen molar-refractivity contribution in [2.75, 3.05) is 25.1 Å². The van der Waals surface area contributed by atoms with E-state index in [-0.39, 0.29) is 0 Å². The van der Waals surface area contributed by atoms with Gasteiger partial charge in [-0.15, -0.1) is 0 Å². The van der Waals surface area contributed by atoms with Gasteiger partial charge in [0.25, 0.3) is 0 Å². The van der Waals surface area contributed by atoms with E-state index in [1.54, 1.807) is 30.5 Å². The molecule has 2 N–H and O–H groups in total. The Kier molecular flexibility index (Phi) is 7.66. The lowest BCUT2D eigenvalue weighted by atomic mass is 9.90. The zero-order chi connectivity index (χ0) is 23.8. The number of rotatable bonds is 4. The number of pyridine rings is 1. The van der Waals surface area contributed by atoms with E-state index in [1.807, 2.05) is 18.2 Å². The number of fused-ring (bicyclic) bond motifs is 2. The molecule has 0 atom stereocenters. The Labute approximate surface area is 198 Å². The van der Waals surface area contributed by atoms with Gasteiger partial charge in [0.15, 0.2) is 11.5 Å². The van der Waals surface area contributed by atoms with E-state index in [0.29, 0.717) is 41.9 Å². The number of anilines is 1. The molecule has 8 nitrogen and oxygen atoms in total. The van der Waals surface area contributed by atoms with Crippen molar-refractivity contribution in [3.63, 3.8) is 0 Å². The van der Waals surface area contributed by atoms with Gasteiger partial charge < -0.3 is 19.3 Å². The van der Waals surface area contributed by atoms with E-state index >= 15 is 0 Å². The number of benzene rings is 2. The minimum Gasteiger partial charge on any atom is -0.493 e. The molecule has 0 saturated heterocycles. The fourth-order valence-corrected chi connectivity index (χ4v) is 4.12. The summed E-state index contributed by atoms with van der Waals surface area (Å²) in [5.41, 5.74) is 2.00. The predicted octanol–water partition coefficient (Wildman–Crippen LogP) is 5.61. The van der Waals surface area contributed by atoms with E-state index in [1.165, 1.54) is 32.1 Å². The Morgan fingerprint density at radius 1 is 1.09 bits per heavy atom. The second-order valence-corrected chi connectivity index (χ2v) is 8.26. The van der Waals surface area contributed by atoms with Crippen LogP contribution in [-0.2, 0) is 0 Å². The van der Waals surface area contributed by atoms with Crippen LogP contribution in [0.5, 0.6) is 17.2 Å². The largest absolute Gasteiger partial charge is 0.493 e. The Morgan fingerprint density at radius 2 is 1.88 bits per heavy atom. The van der Waals surface area contributed by atoms with Gasteiger partial charge in [-0.05, 0) is 55.2 Å². The lowest BCUT2D eigenvalue weighted by Gasteiger charge is -2.22. The van der Waals surface area contributed by atoms with Gasteiger partial charge in [-0.2, -0.15) is 5.26 Å². The summed E-state index contributed by atoms with van der Waals surface area (Å²) in [7, 11) is 0. The van der Waals surface area contributed by atoms with E-state index in [4.69, 9.17) is 24.6 Å². The highest BCUT2D eigenvalue weighted by Crippen LogP contribution is 2.32. The van der Waals surface area contributed by atoms with Gasteiger partial charge in [0.05, 0.1) is 23.8 Å². The molecule has 0 bridgehead atoms. The first-order valence-electron chi connectivity index (χ1n) is 11.4. The Morgan fingerprint density at radius 3 is 2.65 bits per heavy atom. The molecule has 0 unspecified atom stereocenters. The van der Waals surface area contributed by atoms with Crippen LogP contribution < -0.4 is 19.5 Å². The third kappa shape index (κ3) is 6.07. The molecule has 0 radical (unpaired) electrons. The molecule has 34 heavy (non-hydrogen) atoms. The summed E-state index contributed by atoms with van der Waals surface area (Å²) in [6.45, 7) is 1.79. The summed E-state index contributed by atoms with van der Waals surface area (Å²) in [5.74, 6) is 2.73. The summed E-state index contributed by atoms with van der Waals surface area (Å²) in [6, 6.07) is 14.5. The molecule has 2 heterocycles. The Hall–Kier alpha value is -3.99. The van der Waals surface area contributed by atoms with Crippen LogP contribution in [0.2, 0.25) is 0 Å². The number of hydrogen-bond donors (Lipinski definition) is 2. The highest BCUT2D eigenvalue weighted by atomic mass is 16.6. The van der Waals surface area contributed by atoms with Crippen molar-refractivity contribution in [1.29, 1.82) is 5.26 Å². The number of aromatic nitrogens is 1. The molecule has 1 aliphatic heterocycles. The molecule has 0 spiro atoms. The summed E-state index contributed by atoms with van der Waals surface area (Å²) in [5, 5.41) is 20.7. The average molecular weight is 462 g/mol. The van der Waals surface area contributed by atoms with E-state index in [2.05, 4.69) is 16.4 Å². The van der Waals surface area contributed by atoms with Crippen LogP contribution in [0.15, 0.2) is 48.7 Å². The molecule has 176 valence electrons. The zero-order valence-corrected chi connectivity index (χ0v) is 18.8. The number of nitriles is 1. The molecule has 2 aromatic carbocycles. The second-order valence-electron chi connectivity index (χ2n) is 8.26. The summed E-state index contributed by atoms with van der Waals surface area (Å²) in [4.78, 5) is 14.7. The maximum absolute atomic E-state index is 10.4. The minimum absolute atomic E-state index is 0.474. The molecule has 5 rings (SSSR count). The van der Waals surface area contributed by atoms with Crippen molar-refractivity contribution in [2.24, 2.45) is 5.92 Å². The third-order valence-electron chi connectivity index (χ3n) is 5.82. The highest BCUT2D eigenvalue weighted by molar-refractivity contribution is 5.86. The van der Waals surface area contributed by atoms with Crippen molar-refractivity contribution in [3.05, 3.63) is 54.2 Å². The second kappa shape index (κ2) is 11.2. The summed E-state index contributed by atoms with van der Waals surface area (Å²) < 4.78 is 16.6. The number of nitrogens with zero attached hydrogens (tertiary/aromatic N) is 2. The minimum atomic E-state index is -1.10. The monoisotopic (exact) mass is 461 g/mol. The third-order valence-corrected chi connectivity index (χ3v) is 5.82. The van der Waals surface area contributed by atoms with Crippen LogP contribution in [0.25, 0.3) is 10.9 Å². The van der Waals surface area contributed by atoms with E-state index in [9.17, 15) is 4.79 Å². The SMILES string of the molecule is N#Cc1ccc2nccc(OCC3CCCCC3)c2c1.O=C(O)Nc1ccc2c(c1)OCCO2. The number of amides is 1. The number of hydrogen-bond acceptors (Lipinski definition) is 6. The maximum atomic E-state index is 10.4. The summed E-state index contributed by atoms with van der Waals surface area (Å²) >= 11 is 0.